The van der Waals surface area contributed by atoms with E-state index in [1.165, 1.54) is 0 Å². The number of benzene rings is 1. The first-order chi connectivity index (χ1) is 7.63. The summed E-state index contributed by atoms with van der Waals surface area (Å²) in [7, 11) is 0. The van der Waals surface area contributed by atoms with Crippen LogP contribution in [0, 0.1) is 0 Å². The Morgan fingerprint density at radius 1 is 0.875 bits per heavy atom. The van der Waals surface area contributed by atoms with E-state index in [9.17, 15) is 0 Å². The monoisotopic (exact) mass is 273 g/mol. The molecule has 2 rings (SSSR count). The fourth-order valence-electron chi connectivity index (χ4n) is 1.17. The van der Waals surface area contributed by atoms with Crippen molar-refractivity contribution in [3.8, 4) is 11.5 Å². The molecule has 1 aromatic carbocycles. The van der Waals surface area contributed by atoms with E-state index >= 15 is 0 Å². The fraction of sp³-hybridized carbons (Fsp3) is 0. The molecule has 0 amide bonds. The van der Waals surface area contributed by atoms with E-state index in [4.69, 9.17) is 39.5 Å². The number of hydrogen-bond acceptors (Lipinski definition) is 2. The molecular weight excluding hydrogens is 268 g/mol. The fourth-order valence-corrected chi connectivity index (χ4v) is 1.84. The minimum Gasteiger partial charge on any atom is -0.457 e. The predicted octanol–water partition coefficient (Wildman–Crippen LogP) is 4.83. The second-order valence-electron chi connectivity index (χ2n) is 3.02. The molecule has 5 heteroatoms. The van der Waals surface area contributed by atoms with Gasteiger partial charge in [0.1, 0.15) is 16.7 Å². The summed E-state index contributed by atoms with van der Waals surface area (Å²) in [5.74, 6) is 1.14. The summed E-state index contributed by atoms with van der Waals surface area (Å²) in [6, 6.07) is 8.27. The summed E-state index contributed by atoms with van der Waals surface area (Å²) < 4.78 is 5.53. The van der Waals surface area contributed by atoms with Gasteiger partial charge in [-0.3, -0.25) is 0 Å². The molecule has 1 aromatic heterocycles. The minimum atomic E-state index is 0.366. The first kappa shape index (κ1) is 11.5. The number of pyridine rings is 1. The zero-order chi connectivity index (χ0) is 11.5. The van der Waals surface area contributed by atoms with E-state index in [1.54, 1.807) is 36.5 Å². The Balaban J connectivity index is 2.27. The lowest BCUT2D eigenvalue weighted by Gasteiger charge is -2.06. The highest BCUT2D eigenvalue weighted by Crippen LogP contribution is 2.28. The van der Waals surface area contributed by atoms with Crippen molar-refractivity contribution < 1.29 is 4.74 Å². The van der Waals surface area contributed by atoms with Crippen LogP contribution < -0.4 is 4.74 Å². The van der Waals surface area contributed by atoms with Gasteiger partial charge in [0, 0.05) is 22.3 Å². The number of hydrogen-bond donors (Lipinski definition) is 0. The number of halogens is 3. The molecule has 0 saturated carbocycles. The van der Waals surface area contributed by atoms with Gasteiger partial charge in [-0.25, -0.2) is 4.98 Å². The zero-order valence-electron chi connectivity index (χ0n) is 7.95. The van der Waals surface area contributed by atoms with E-state index in [-0.39, 0.29) is 0 Å². The summed E-state index contributed by atoms with van der Waals surface area (Å²) in [4.78, 5) is 3.85. The van der Waals surface area contributed by atoms with Crippen molar-refractivity contribution in [3.05, 3.63) is 51.7 Å². The molecule has 16 heavy (non-hydrogen) atoms. The third kappa shape index (κ3) is 3.01. The van der Waals surface area contributed by atoms with E-state index < -0.39 is 0 Å². The molecule has 0 N–H and O–H groups in total. The standard InChI is InChI=1S/C11H6Cl3NO/c12-7-3-8(13)5-10(4-7)16-9-1-2-15-11(14)6-9/h1-6H. The van der Waals surface area contributed by atoms with Gasteiger partial charge < -0.3 is 4.74 Å². The Morgan fingerprint density at radius 2 is 1.56 bits per heavy atom. The molecule has 0 aliphatic heterocycles. The van der Waals surface area contributed by atoms with Crippen LogP contribution >= 0.6 is 34.8 Å². The molecular formula is C11H6Cl3NO. The van der Waals surface area contributed by atoms with Gasteiger partial charge in [0.05, 0.1) is 0 Å². The number of aromatic nitrogens is 1. The molecule has 2 aromatic rings. The van der Waals surface area contributed by atoms with Gasteiger partial charge in [-0.05, 0) is 24.3 Å². The Kier molecular flexibility index (Phi) is 3.54. The maximum Gasteiger partial charge on any atom is 0.132 e. The van der Waals surface area contributed by atoms with E-state index in [0.29, 0.717) is 26.7 Å². The van der Waals surface area contributed by atoms with Gasteiger partial charge in [0.15, 0.2) is 0 Å². The summed E-state index contributed by atoms with van der Waals surface area (Å²) in [6.07, 6.45) is 1.56. The van der Waals surface area contributed by atoms with E-state index in [1.807, 2.05) is 0 Å². The van der Waals surface area contributed by atoms with Crippen LogP contribution in [0.15, 0.2) is 36.5 Å². The molecule has 0 radical (unpaired) electrons. The van der Waals surface area contributed by atoms with Crippen molar-refractivity contribution in [2.45, 2.75) is 0 Å². The van der Waals surface area contributed by atoms with Crippen LogP contribution in [0.5, 0.6) is 11.5 Å². The SMILES string of the molecule is Clc1cc(Cl)cc(Oc2ccnc(Cl)c2)c1. The minimum absolute atomic E-state index is 0.366. The summed E-state index contributed by atoms with van der Waals surface area (Å²) in [6.45, 7) is 0. The van der Waals surface area contributed by atoms with Gasteiger partial charge >= 0.3 is 0 Å². The molecule has 0 spiro atoms. The summed E-state index contributed by atoms with van der Waals surface area (Å²) in [5.41, 5.74) is 0. The topological polar surface area (TPSA) is 22.1 Å². The molecule has 2 nitrogen and oxygen atoms in total. The molecule has 0 fully saturated rings. The van der Waals surface area contributed by atoms with Crippen molar-refractivity contribution >= 4 is 34.8 Å². The van der Waals surface area contributed by atoms with Crippen molar-refractivity contribution in [2.75, 3.05) is 0 Å². The molecule has 0 aliphatic carbocycles. The number of ether oxygens (including phenoxy) is 1. The van der Waals surface area contributed by atoms with Gasteiger partial charge in [-0.2, -0.15) is 0 Å². The summed E-state index contributed by atoms with van der Waals surface area (Å²) >= 11 is 17.4. The van der Waals surface area contributed by atoms with E-state index in [2.05, 4.69) is 4.98 Å². The molecule has 0 saturated heterocycles. The average molecular weight is 275 g/mol. The van der Waals surface area contributed by atoms with Crippen LogP contribution in [0.1, 0.15) is 0 Å². The quantitative estimate of drug-likeness (QED) is 0.731. The van der Waals surface area contributed by atoms with Crippen molar-refractivity contribution in [1.82, 2.24) is 4.98 Å². The zero-order valence-corrected chi connectivity index (χ0v) is 10.2. The first-order valence-corrected chi connectivity index (χ1v) is 5.52. The lowest BCUT2D eigenvalue weighted by molar-refractivity contribution is 0.482. The Labute approximate surface area is 108 Å². The molecule has 0 aliphatic rings. The van der Waals surface area contributed by atoms with Crippen LogP contribution in [0.4, 0.5) is 0 Å². The number of nitrogens with zero attached hydrogens (tertiary/aromatic N) is 1. The predicted molar refractivity (Wildman–Crippen MR) is 65.8 cm³/mol. The second kappa shape index (κ2) is 4.91. The lowest BCUT2D eigenvalue weighted by atomic mass is 10.3. The van der Waals surface area contributed by atoms with Crippen LogP contribution in [-0.2, 0) is 0 Å². The Bertz CT molecular complexity index is 496. The van der Waals surface area contributed by atoms with Gasteiger partial charge in [0.25, 0.3) is 0 Å². The van der Waals surface area contributed by atoms with Crippen molar-refractivity contribution in [1.29, 1.82) is 0 Å². The average Bonchev–Trinajstić information content (AvgIpc) is 2.15. The van der Waals surface area contributed by atoms with Crippen molar-refractivity contribution in [3.63, 3.8) is 0 Å². The van der Waals surface area contributed by atoms with Crippen LogP contribution in [0.25, 0.3) is 0 Å². The molecule has 82 valence electrons. The normalized spacial score (nSPS) is 10.2. The summed E-state index contributed by atoms with van der Waals surface area (Å²) in [5, 5.41) is 1.40. The molecule has 0 unspecified atom stereocenters. The van der Waals surface area contributed by atoms with Crippen LogP contribution in [-0.4, -0.2) is 4.98 Å². The van der Waals surface area contributed by atoms with Crippen molar-refractivity contribution in [2.24, 2.45) is 0 Å². The Morgan fingerprint density at radius 3 is 2.19 bits per heavy atom. The van der Waals surface area contributed by atoms with Gasteiger partial charge in [-0.1, -0.05) is 34.8 Å². The largest absolute Gasteiger partial charge is 0.457 e. The highest BCUT2D eigenvalue weighted by atomic mass is 35.5. The maximum absolute atomic E-state index is 5.84. The highest BCUT2D eigenvalue weighted by molar-refractivity contribution is 6.34. The van der Waals surface area contributed by atoms with Gasteiger partial charge in [0.2, 0.25) is 0 Å². The third-order valence-corrected chi connectivity index (χ3v) is 2.41. The molecule has 0 bridgehead atoms. The Hall–Kier alpha value is -0.960. The highest BCUT2D eigenvalue weighted by Gasteiger charge is 2.01. The van der Waals surface area contributed by atoms with Crippen LogP contribution in [0.2, 0.25) is 15.2 Å². The molecule has 0 atom stereocenters. The maximum atomic E-state index is 5.84. The number of rotatable bonds is 2. The third-order valence-electron chi connectivity index (χ3n) is 1.77. The smallest absolute Gasteiger partial charge is 0.132 e. The first-order valence-electron chi connectivity index (χ1n) is 4.39. The van der Waals surface area contributed by atoms with Crippen LogP contribution in [0.3, 0.4) is 0 Å². The second-order valence-corrected chi connectivity index (χ2v) is 4.28. The lowest BCUT2D eigenvalue weighted by Crippen LogP contribution is -1.85. The molecule has 1 heterocycles. The van der Waals surface area contributed by atoms with Gasteiger partial charge in [-0.15, -0.1) is 0 Å². The van der Waals surface area contributed by atoms with E-state index in [0.717, 1.165) is 0 Å².